The predicted molar refractivity (Wildman–Crippen MR) is 93.7 cm³/mol. The zero-order valence-electron chi connectivity index (χ0n) is 13.6. The van der Waals surface area contributed by atoms with E-state index in [1.54, 1.807) is 25.0 Å². The quantitative estimate of drug-likeness (QED) is 0.265. The van der Waals surface area contributed by atoms with Gasteiger partial charge in [-0.25, -0.2) is 0 Å². The second kappa shape index (κ2) is 8.77. The van der Waals surface area contributed by atoms with Crippen molar-refractivity contribution < 1.29 is 9.47 Å². The minimum absolute atomic E-state index is 0.0942. The minimum Gasteiger partial charge on any atom is -0.360 e. The van der Waals surface area contributed by atoms with Crippen molar-refractivity contribution >= 4 is 17.6 Å². The van der Waals surface area contributed by atoms with Crippen LogP contribution in [0.4, 0.5) is 0 Å². The third-order valence-corrected chi connectivity index (χ3v) is 9.44. The molecule has 0 spiro atoms. The van der Waals surface area contributed by atoms with E-state index < -0.39 is 8.07 Å². The van der Waals surface area contributed by atoms with Gasteiger partial charge in [0.2, 0.25) is 0 Å². The van der Waals surface area contributed by atoms with Gasteiger partial charge < -0.3 is 9.47 Å². The second-order valence-electron chi connectivity index (χ2n) is 6.15. The summed E-state index contributed by atoms with van der Waals surface area (Å²) in [5, 5.41) is 1.68. The molecule has 0 aromatic carbocycles. The first-order valence-corrected chi connectivity index (χ1v) is 12.6. The fraction of sp³-hybridized carbons (Fsp3) is 0.625. The molecule has 0 fully saturated rings. The van der Waals surface area contributed by atoms with Crippen molar-refractivity contribution in [2.24, 2.45) is 0 Å². The molecule has 0 aromatic heterocycles. The number of rotatable bonds is 10. The van der Waals surface area contributed by atoms with Gasteiger partial charge in [-0.15, -0.1) is 6.58 Å². The summed E-state index contributed by atoms with van der Waals surface area (Å²) >= 11 is 0. The number of ether oxygens (including phenoxy) is 2. The van der Waals surface area contributed by atoms with E-state index >= 15 is 0 Å². The van der Waals surface area contributed by atoms with Crippen molar-refractivity contribution in [1.82, 2.24) is 0 Å². The highest BCUT2D eigenvalue weighted by atomic mass is 28.3. The highest BCUT2D eigenvalue weighted by Crippen LogP contribution is 2.33. The molecule has 0 saturated carbocycles. The van der Waals surface area contributed by atoms with E-state index in [4.69, 9.17) is 9.47 Å². The van der Waals surface area contributed by atoms with Gasteiger partial charge in [0.1, 0.15) is 5.91 Å². The molecule has 0 amide bonds. The van der Waals surface area contributed by atoms with Crippen molar-refractivity contribution in [2.45, 2.75) is 50.4 Å². The molecule has 2 nitrogen and oxygen atoms in total. The Balaban J connectivity index is 2.48. The van der Waals surface area contributed by atoms with Gasteiger partial charge in [0.15, 0.2) is 0 Å². The molecule has 0 aliphatic heterocycles. The van der Waals surface area contributed by atoms with Crippen LogP contribution >= 0.6 is 0 Å². The molecule has 0 N–H and O–H groups in total. The average molecular weight is 311 g/mol. The molecule has 4 heteroatoms. The van der Waals surface area contributed by atoms with Crippen LogP contribution in [0.15, 0.2) is 35.6 Å². The summed E-state index contributed by atoms with van der Waals surface area (Å²) in [6.07, 6.45) is 10.5. The molecule has 1 rings (SSSR count). The Bertz CT molecular complexity index is 369. The number of hydrogen-bond donors (Lipinski definition) is 0. The van der Waals surface area contributed by atoms with E-state index in [1.807, 2.05) is 0 Å². The van der Waals surface area contributed by atoms with Crippen molar-refractivity contribution in [3.63, 3.8) is 0 Å². The summed E-state index contributed by atoms with van der Waals surface area (Å²) < 4.78 is 10.6. The molecule has 0 bridgehead atoms. The zero-order chi connectivity index (χ0) is 15.0. The van der Waals surface area contributed by atoms with Crippen molar-refractivity contribution in [3.8, 4) is 0 Å². The van der Waals surface area contributed by atoms with Gasteiger partial charge in [-0.1, -0.05) is 54.6 Å². The maximum atomic E-state index is 5.29. The molecular weight excluding hydrogens is 280 g/mol. The van der Waals surface area contributed by atoms with Crippen LogP contribution in [0.2, 0.25) is 25.2 Å². The maximum Gasteiger partial charge on any atom is 0.134 e. The van der Waals surface area contributed by atoms with Crippen molar-refractivity contribution in [3.05, 3.63) is 35.6 Å². The molecule has 20 heavy (non-hydrogen) atoms. The number of methoxy groups -OCH3 is 2. The van der Waals surface area contributed by atoms with E-state index in [-0.39, 0.29) is 15.4 Å². The van der Waals surface area contributed by atoms with Crippen LogP contribution in [0, 0.1) is 0 Å². The Hall–Kier alpha value is -0.426. The van der Waals surface area contributed by atoms with Crippen molar-refractivity contribution in [1.29, 1.82) is 0 Å². The van der Waals surface area contributed by atoms with Crippen LogP contribution in [0.5, 0.6) is 0 Å². The van der Waals surface area contributed by atoms with Gasteiger partial charge in [-0.2, -0.15) is 0 Å². The van der Waals surface area contributed by atoms with Gasteiger partial charge >= 0.3 is 0 Å². The van der Waals surface area contributed by atoms with E-state index in [1.165, 1.54) is 31.4 Å². The Labute approximate surface area is 127 Å². The largest absolute Gasteiger partial charge is 0.360 e. The van der Waals surface area contributed by atoms with Crippen LogP contribution in [-0.2, 0) is 9.47 Å². The van der Waals surface area contributed by atoms with Crippen LogP contribution in [0.3, 0.4) is 0 Å². The number of allylic oxidation sites excluding steroid dienone is 5. The molecule has 1 aliphatic rings. The highest BCUT2D eigenvalue weighted by molar-refractivity contribution is 6.85. The summed E-state index contributed by atoms with van der Waals surface area (Å²) in [7, 11) is 1.93. The van der Waals surface area contributed by atoms with E-state index in [9.17, 15) is 0 Å². The normalized spacial score (nSPS) is 16.1. The molecule has 114 valence electrons. The fourth-order valence-corrected chi connectivity index (χ4v) is 6.98. The Morgan fingerprint density at radius 3 is 2.70 bits per heavy atom. The first-order valence-electron chi connectivity index (χ1n) is 7.60. The van der Waals surface area contributed by atoms with Crippen LogP contribution in [0.1, 0.15) is 19.3 Å². The van der Waals surface area contributed by atoms with Gasteiger partial charge in [-0.05, 0) is 18.9 Å². The first-order chi connectivity index (χ1) is 9.55. The molecule has 0 heterocycles. The molecule has 0 unspecified atom stereocenters. The molecule has 1 aliphatic carbocycles. The Kier molecular flexibility index (Phi) is 7.73. The molecule has 0 aromatic rings. The van der Waals surface area contributed by atoms with Crippen molar-refractivity contribution in [2.75, 3.05) is 14.2 Å². The molecule has 0 atom stereocenters. The molecule has 0 radical (unpaired) electrons. The summed E-state index contributed by atoms with van der Waals surface area (Å²) in [4.78, 5) is 0. The van der Waals surface area contributed by atoms with E-state index in [0.29, 0.717) is 0 Å². The van der Waals surface area contributed by atoms with Crippen LogP contribution in [0.25, 0.3) is 0 Å². The Morgan fingerprint density at radius 1 is 1.40 bits per heavy atom. The average Bonchev–Trinajstić information content (AvgIpc) is 2.88. The maximum absolute atomic E-state index is 5.29. The second-order valence-corrected chi connectivity index (χ2v) is 12.8. The van der Waals surface area contributed by atoms with E-state index in [0.717, 1.165) is 0 Å². The SMILES string of the molecule is C=CC[Si](C)(C)C1=C(CCC[SiH2]C(OC)OC)CC=C1. The predicted octanol–water partition coefficient (Wildman–Crippen LogP) is 3.62. The third kappa shape index (κ3) is 5.16. The monoisotopic (exact) mass is 310 g/mol. The van der Waals surface area contributed by atoms with Gasteiger partial charge in [0.05, 0.1) is 17.6 Å². The lowest BCUT2D eigenvalue weighted by atomic mass is 10.1. The Morgan fingerprint density at radius 2 is 2.10 bits per heavy atom. The van der Waals surface area contributed by atoms with Crippen LogP contribution < -0.4 is 0 Å². The lowest BCUT2D eigenvalue weighted by Crippen LogP contribution is -2.27. The standard InChI is InChI=1S/C16H30O2Si2/c1-6-13-20(4,5)15-11-7-9-14(15)10-8-12-19-16(17-2)18-3/h6-7,11,16H,1,8-10,12-13,19H2,2-5H3. The summed E-state index contributed by atoms with van der Waals surface area (Å²) in [6.45, 7) is 8.84. The van der Waals surface area contributed by atoms with Crippen LogP contribution in [-0.4, -0.2) is 37.7 Å². The minimum atomic E-state index is -1.29. The summed E-state index contributed by atoms with van der Waals surface area (Å²) in [5.41, 5.74) is 1.68. The summed E-state index contributed by atoms with van der Waals surface area (Å²) in [5.74, 6) is 0.0942. The van der Waals surface area contributed by atoms with E-state index in [2.05, 4.69) is 37.9 Å². The van der Waals surface area contributed by atoms with Gasteiger partial charge in [0.25, 0.3) is 0 Å². The number of hydrogen-bond acceptors (Lipinski definition) is 2. The third-order valence-electron chi connectivity index (χ3n) is 4.11. The molecular formula is C16H30O2Si2. The first kappa shape index (κ1) is 17.6. The fourth-order valence-electron chi connectivity index (χ4n) is 2.94. The molecule has 0 saturated heterocycles. The summed E-state index contributed by atoms with van der Waals surface area (Å²) in [6, 6.07) is 2.48. The lowest BCUT2D eigenvalue weighted by molar-refractivity contribution is -0.0441. The lowest BCUT2D eigenvalue weighted by Gasteiger charge is -2.24. The smallest absolute Gasteiger partial charge is 0.134 e. The topological polar surface area (TPSA) is 18.5 Å². The zero-order valence-corrected chi connectivity index (χ0v) is 16.0. The van der Waals surface area contributed by atoms with Gasteiger partial charge in [0, 0.05) is 14.2 Å². The highest BCUT2D eigenvalue weighted by Gasteiger charge is 2.27. The van der Waals surface area contributed by atoms with Gasteiger partial charge in [-0.3, -0.25) is 0 Å².